The predicted octanol–water partition coefficient (Wildman–Crippen LogP) is 1.39. The largest absolute Gasteiger partial charge is 0.504 e. The van der Waals surface area contributed by atoms with E-state index in [0.717, 1.165) is 0 Å². The Hall–Kier alpha value is -2.24. The lowest BCUT2D eigenvalue weighted by Crippen LogP contribution is -2.28. The highest BCUT2D eigenvalue weighted by Crippen LogP contribution is 2.21. The summed E-state index contributed by atoms with van der Waals surface area (Å²) in [5, 5.41) is 9.86. The van der Waals surface area contributed by atoms with Crippen molar-refractivity contribution in [1.29, 1.82) is 0 Å². The summed E-state index contributed by atoms with van der Waals surface area (Å²) in [6.07, 6.45) is -0.755. The fraction of sp³-hybridized carbons (Fsp3) is 0.385. The minimum Gasteiger partial charge on any atom is -0.504 e. The molecular weight excluding hydrogens is 252 g/mol. The van der Waals surface area contributed by atoms with Crippen LogP contribution in [0.15, 0.2) is 35.8 Å². The number of aliphatic hydroxyl groups excluding tert-OH is 1. The van der Waals surface area contributed by atoms with Gasteiger partial charge >= 0.3 is 11.9 Å². The highest BCUT2D eigenvalue weighted by Gasteiger charge is 2.25. The number of hydrogen-bond acceptors (Lipinski definition) is 6. The smallest absolute Gasteiger partial charge is 0.341 e. The first kappa shape index (κ1) is 14.8. The van der Waals surface area contributed by atoms with Crippen LogP contribution in [0, 0.1) is 0 Å². The summed E-state index contributed by atoms with van der Waals surface area (Å²) in [5.74, 6) is -1.73. The van der Waals surface area contributed by atoms with Crippen molar-refractivity contribution in [3.63, 3.8) is 0 Å². The van der Waals surface area contributed by atoms with E-state index in [9.17, 15) is 14.7 Å². The van der Waals surface area contributed by atoms with Gasteiger partial charge in [0.25, 0.3) is 0 Å². The zero-order valence-corrected chi connectivity index (χ0v) is 10.9. The molecule has 0 amide bonds. The Kier molecular flexibility index (Phi) is 4.74. The maximum atomic E-state index is 11.6. The van der Waals surface area contributed by atoms with Crippen LogP contribution in [-0.2, 0) is 23.8 Å². The molecule has 0 aromatic carbocycles. The van der Waals surface area contributed by atoms with Gasteiger partial charge in [0.15, 0.2) is 17.6 Å². The molecule has 0 aliphatic carbocycles. The number of allylic oxidation sites excluding steroid dienone is 1. The van der Waals surface area contributed by atoms with Crippen LogP contribution in [0.5, 0.6) is 0 Å². The summed E-state index contributed by atoms with van der Waals surface area (Å²) in [4.78, 5) is 22.5. The maximum absolute atomic E-state index is 11.6. The van der Waals surface area contributed by atoms with Gasteiger partial charge in [0, 0.05) is 6.92 Å². The van der Waals surface area contributed by atoms with E-state index in [2.05, 4.69) is 13.2 Å². The predicted molar refractivity (Wildman–Crippen MR) is 66.1 cm³/mol. The van der Waals surface area contributed by atoms with Crippen LogP contribution in [0.25, 0.3) is 0 Å². The van der Waals surface area contributed by atoms with Gasteiger partial charge in [-0.15, -0.1) is 0 Å². The topological polar surface area (TPSA) is 82.1 Å². The molecule has 0 bridgehead atoms. The second kappa shape index (κ2) is 6.08. The van der Waals surface area contributed by atoms with Gasteiger partial charge in [-0.3, -0.25) is 4.79 Å². The van der Waals surface area contributed by atoms with Crippen molar-refractivity contribution in [3.05, 3.63) is 35.8 Å². The molecule has 6 nitrogen and oxygen atoms in total. The van der Waals surface area contributed by atoms with Gasteiger partial charge in [0.1, 0.15) is 13.2 Å². The minimum absolute atomic E-state index is 0.0287. The van der Waals surface area contributed by atoms with Gasteiger partial charge in [0.2, 0.25) is 0 Å². The van der Waals surface area contributed by atoms with E-state index in [0.29, 0.717) is 5.57 Å². The third kappa shape index (κ3) is 3.87. The molecule has 0 fully saturated rings. The first-order valence-electron chi connectivity index (χ1n) is 5.58. The molecule has 1 unspecified atom stereocenters. The van der Waals surface area contributed by atoms with Crippen molar-refractivity contribution >= 4 is 11.9 Å². The highest BCUT2D eigenvalue weighted by atomic mass is 16.6. The molecule has 1 atom stereocenters. The molecule has 0 saturated heterocycles. The quantitative estimate of drug-likeness (QED) is 0.602. The lowest BCUT2D eigenvalue weighted by atomic mass is 10.1. The molecule has 0 aromatic rings. The minimum atomic E-state index is -0.807. The van der Waals surface area contributed by atoms with Gasteiger partial charge in [-0.25, -0.2) is 4.79 Å². The number of carbonyl (C=O) groups is 2. The SMILES string of the molecule is C=C(C)C1=C(O)C(=C)C(=O)OCC(OC(C)=O)CO1. The fourth-order valence-corrected chi connectivity index (χ4v) is 1.41. The van der Waals surface area contributed by atoms with Crippen molar-refractivity contribution in [2.75, 3.05) is 13.2 Å². The number of hydrogen-bond donors (Lipinski definition) is 1. The number of cyclic esters (lactones) is 1. The van der Waals surface area contributed by atoms with Crippen LogP contribution in [0.4, 0.5) is 0 Å². The molecule has 1 heterocycles. The van der Waals surface area contributed by atoms with E-state index in [1.54, 1.807) is 6.92 Å². The Bertz CT molecular complexity index is 460. The molecule has 1 aliphatic heterocycles. The summed E-state index contributed by atoms with van der Waals surface area (Å²) in [6, 6.07) is 0. The first-order chi connectivity index (χ1) is 8.82. The summed E-state index contributed by atoms with van der Waals surface area (Å²) >= 11 is 0. The van der Waals surface area contributed by atoms with Crippen molar-refractivity contribution in [1.82, 2.24) is 0 Å². The van der Waals surface area contributed by atoms with Crippen LogP contribution in [-0.4, -0.2) is 36.4 Å². The van der Waals surface area contributed by atoms with Crippen LogP contribution in [0.3, 0.4) is 0 Å². The number of ether oxygens (including phenoxy) is 3. The second-order valence-corrected chi connectivity index (χ2v) is 4.08. The van der Waals surface area contributed by atoms with E-state index in [4.69, 9.17) is 14.2 Å². The third-order valence-electron chi connectivity index (χ3n) is 2.28. The van der Waals surface area contributed by atoms with E-state index in [-0.39, 0.29) is 24.5 Å². The average molecular weight is 268 g/mol. The number of carbonyl (C=O) groups excluding carboxylic acids is 2. The lowest BCUT2D eigenvalue weighted by molar-refractivity contribution is -0.157. The highest BCUT2D eigenvalue weighted by molar-refractivity contribution is 5.92. The molecular formula is C13H16O6. The zero-order chi connectivity index (χ0) is 14.6. The Labute approximate surface area is 111 Å². The first-order valence-corrected chi connectivity index (χ1v) is 5.58. The monoisotopic (exact) mass is 268 g/mol. The number of rotatable bonds is 2. The number of esters is 2. The van der Waals surface area contributed by atoms with Gasteiger partial charge in [-0.2, -0.15) is 0 Å². The standard InChI is InChI=1S/C13H16O6/c1-7(2)12-11(15)8(3)13(16)18-6-10(5-17-12)19-9(4)14/h10,15H,1,3,5-6H2,2,4H3. The molecule has 0 spiro atoms. The molecule has 1 aliphatic rings. The maximum Gasteiger partial charge on any atom is 0.341 e. The number of aliphatic hydroxyl groups is 1. The van der Waals surface area contributed by atoms with Crippen molar-refractivity contribution < 1.29 is 28.9 Å². The molecule has 0 saturated carbocycles. The summed E-state index contributed by atoms with van der Waals surface area (Å²) in [6.45, 7) is 9.66. The molecule has 19 heavy (non-hydrogen) atoms. The second-order valence-electron chi connectivity index (χ2n) is 4.08. The van der Waals surface area contributed by atoms with Crippen LogP contribution in [0.1, 0.15) is 13.8 Å². The van der Waals surface area contributed by atoms with Crippen LogP contribution in [0.2, 0.25) is 0 Å². The fourth-order valence-electron chi connectivity index (χ4n) is 1.41. The third-order valence-corrected chi connectivity index (χ3v) is 2.28. The summed E-state index contributed by atoms with van der Waals surface area (Å²) in [5.41, 5.74) is 0.177. The molecule has 6 heteroatoms. The van der Waals surface area contributed by atoms with Crippen molar-refractivity contribution in [3.8, 4) is 0 Å². The van der Waals surface area contributed by atoms with Crippen LogP contribution < -0.4 is 0 Å². The summed E-state index contributed by atoms with van der Waals surface area (Å²) < 4.78 is 15.1. The lowest BCUT2D eigenvalue weighted by Gasteiger charge is -2.17. The van der Waals surface area contributed by atoms with Crippen LogP contribution >= 0.6 is 0 Å². The normalized spacial score (nSPS) is 20.6. The van der Waals surface area contributed by atoms with E-state index >= 15 is 0 Å². The molecule has 1 rings (SSSR count). The van der Waals surface area contributed by atoms with Gasteiger partial charge in [-0.1, -0.05) is 13.2 Å². The van der Waals surface area contributed by atoms with Gasteiger partial charge in [-0.05, 0) is 12.5 Å². The van der Waals surface area contributed by atoms with Crippen molar-refractivity contribution in [2.24, 2.45) is 0 Å². The Morgan fingerprint density at radius 1 is 1.37 bits per heavy atom. The van der Waals surface area contributed by atoms with Crippen molar-refractivity contribution in [2.45, 2.75) is 20.0 Å². The molecule has 0 aromatic heterocycles. The molecule has 104 valence electrons. The molecule has 0 radical (unpaired) electrons. The van der Waals surface area contributed by atoms with Gasteiger partial charge in [0.05, 0.1) is 5.57 Å². The Morgan fingerprint density at radius 2 is 1.95 bits per heavy atom. The Morgan fingerprint density at radius 3 is 2.47 bits per heavy atom. The van der Waals surface area contributed by atoms with E-state index in [1.165, 1.54) is 6.92 Å². The van der Waals surface area contributed by atoms with Gasteiger partial charge < -0.3 is 19.3 Å². The molecule has 1 N–H and O–H groups in total. The Balaban J connectivity index is 3.01. The van der Waals surface area contributed by atoms with E-state index in [1.807, 2.05) is 0 Å². The average Bonchev–Trinajstić information content (AvgIpc) is 2.36. The summed E-state index contributed by atoms with van der Waals surface area (Å²) in [7, 11) is 0. The van der Waals surface area contributed by atoms with E-state index < -0.39 is 23.8 Å². The zero-order valence-electron chi connectivity index (χ0n) is 10.9.